The maximum Gasteiger partial charge on any atom is 0.358 e. The van der Waals surface area contributed by atoms with Crippen LogP contribution in [0.4, 0.5) is 0 Å². The molecule has 1 aromatic rings. The molecule has 4 nitrogen and oxygen atoms in total. The van der Waals surface area contributed by atoms with Crippen LogP contribution in [0.15, 0.2) is 34.3 Å². The molecule has 0 aliphatic heterocycles. The molecule has 0 N–H and O–H groups in total. The summed E-state index contributed by atoms with van der Waals surface area (Å²) in [6, 6.07) is 6.43. The molecule has 0 spiro atoms. The van der Waals surface area contributed by atoms with Crippen LogP contribution in [0.2, 0.25) is 0 Å². The van der Waals surface area contributed by atoms with E-state index in [1.165, 1.54) is 18.3 Å². The molecule has 0 amide bonds. The van der Waals surface area contributed by atoms with Crippen LogP contribution in [0.5, 0.6) is 0 Å². The van der Waals surface area contributed by atoms with E-state index in [2.05, 4.69) is 9.44 Å². The van der Waals surface area contributed by atoms with Crippen molar-refractivity contribution < 1.29 is 12.7 Å². The van der Waals surface area contributed by atoms with Gasteiger partial charge in [-0.2, -0.15) is 8.42 Å². The smallest absolute Gasteiger partial charge is 0.265 e. The van der Waals surface area contributed by atoms with Gasteiger partial charge < -0.3 is 0 Å². The van der Waals surface area contributed by atoms with E-state index in [4.69, 9.17) is 0 Å². The summed E-state index contributed by atoms with van der Waals surface area (Å²) in [6.07, 6.45) is 3.05. The van der Waals surface area contributed by atoms with Crippen molar-refractivity contribution >= 4 is 16.3 Å². The van der Waals surface area contributed by atoms with Gasteiger partial charge in [0.25, 0.3) is 0 Å². The molecule has 0 unspecified atom stereocenters. The summed E-state index contributed by atoms with van der Waals surface area (Å²) in [5.41, 5.74) is 0.994. The normalized spacial score (nSPS) is 11.9. The van der Waals surface area contributed by atoms with Crippen LogP contribution in [0.25, 0.3) is 0 Å². The van der Waals surface area contributed by atoms with Crippen LogP contribution in [0.1, 0.15) is 25.3 Å². The van der Waals surface area contributed by atoms with E-state index >= 15 is 0 Å². The molecule has 0 fully saturated rings. The zero-order chi connectivity index (χ0) is 12.0. The standard InChI is InChI=1S/C11H15NO3S/c1-3-4-9-12-15-16(13,14)11-7-5-10(2)6-8-11/h5-9H,3-4H2,1-2H3. The van der Waals surface area contributed by atoms with Gasteiger partial charge in [0, 0.05) is 6.21 Å². The van der Waals surface area contributed by atoms with Gasteiger partial charge in [0.2, 0.25) is 0 Å². The molecule has 0 bridgehead atoms. The second kappa shape index (κ2) is 5.65. The first-order valence-corrected chi connectivity index (χ1v) is 6.49. The Hall–Kier alpha value is -1.36. The van der Waals surface area contributed by atoms with Crippen LogP contribution in [-0.4, -0.2) is 14.6 Å². The first-order valence-electron chi connectivity index (χ1n) is 5.08. The fourth-order valence-corrected chi connectivity index (χ4v) is 1.75. The first-order chi connectivity index (χ1) is 7.56. The third-order valence-electron chi connectivity index (χ3n) is 1.94. The van der Waals surface area contributed by atoms with Gasteiger partial charge in [-0.3, -0.25) is 4.28 Å². The highest BCUT2D eigenvalue weighted by molar-refractivity contribution is 7.86. The quantitative estimate of drug-likeness (QED) is 0.588. The number of hydrogen-bond donors (Lipinski definition) is 0. The van der Waals surface area contributed by atoms with Crippen LogP contribution in [0, 0.1) is 6.92 Å². The van der Waals surface area contributed by atoms with Gasteiger partial charge in [0.15, 0.2) is 0 Å². The monoisotopic (exact) mass is 241 g/mol. The zero-order valence-corrected chi connectivity index (χ0v) is 10.2. The lowest BCUT2D eigenvalue weighted by atomic mass is 10.2. The maximum absolute atomic E-state index is 11.6. The molecule has 0 aromatic heterocycles. The van der Waals surface area contributed by atoms with Crippen molar-refractivity contribution in [2.75, 3.05) is 0 Å². The molecule has 0 saturated heterocycles. The van der Waals surface area contributed by atoms with E-state index in [-0.39, 0.29) is 4.90 Å². The molecule has 0 aliphatic carbocycles. The van der Waals surface area contributed by atoms with Gasteiger partial charge in [-0.15, -0.1) is 0 Å². The number of benzene rings is 1. The van der Waals surface area contributed by atoms with E-state index in [1.54, 1.807) is 12.1 Å². The van der Waals surface area contributed by atoms with E-state index in [0.717, 1.165) is 12.0 Å². The Morgan fingerprint density at radius 3 is 2.50 bits per heavy atom. The van der Waals surface area contributed by atoms with Gasteiger partial charge in [0.1, 0.15) is 4.90 Å². The summed E-state index contributed by atoms with van der Waals surface area (Å²) in [6.45, 7) is 3.86. The number of oxime groups is 1. The van der Waals surface area contributed by atoms with Crippen LogP contribution in [-0.2, 0) is 14.4 Å². The summed E-state index contributed by atoms with van der Waals surface area (Å²) < 4.78 is 27.6. The molecule has 0 radical (unpaired) electrons. The average Bonchev–Trinajstić information content (AvgIpc) is 2.25. The predicted molar refractivity (Wildman–Crippen MR) is 62.8 cm³/mol. The van der Waals surface area contributed by atoms with Gasteiger partial charge in [0.05, 0.1) is 0 Å². The van der Waals surface area contributed by atoms with Crippen LogP contribution >= 0.6 is 0 Å². The lowest BCUT2D eigenvalue weighted by molar-refractivity contribution is 0.340. The first kappa shape index (κ1) is 12.7. The van der Waals surface area contributed by atoms with E-state index < -0.39 is 10.1 Å². The van der Waals surface area contributed by atoms with Crippen molar-refractivity contribution in [3.63, 3.8) is 0 Å². The van der Waals surface area contributed by atoms with Crippen molar-refractivity contribution in [1.82, 2.24) is 0 Å². The highest BCUT2D eigenvalue weighted by Gasteiger charge is 2.14. The summed E-state index contributed by atoms with van der Waals surface area (Å²) in [5, 5.41) is 3.42. The zero-order valence-electron chi connectivity index (χ0n) is 9.38. The molecule has 0 heterocycles. The third kappa shape index (κ3) is 3.66. The SMILES string of the molecule is CCCC=NOS(=O)(=O)c1ccc(C)cc1. The Bertz CT molecular complexity index is 449. The molecule has 88 valence electrons. The molecule has 0 saturated carbocycles. The lowest BCUT2D eigenvalue weighted by Crippen LogP contribution is -2.02. The number of rotatable bonds is 5. The second-order valence-corrected chi connectivity index (χ2v) is 4.95. The molecule has 16 heavy (non-hydrogen) atoms. The fraction of sp³-hybridized carbons (Fsp3) is 0.364. The Morgan fingerprint density at radius 2 is 1.94 bits per heavy atom. The highest BCUT2D eigenvalue weighted by atomic mass is 32.2. The topological polar surface area (TPSA) is 55.7 Å². The Morgan fingerprint density at radius 1 is 1.31 bits per heavy atom. The molecule has 0 aliphatic rings. The van der Waals surface area contributed by atoms with Gasteiger partial charge in [-0.05, 0) is 25.5 Å². The molecule has 5 heteroatoms. The van der Waals surface area contributed by atoms with Gasteiger partial charge in [-0.1, -0.05) is 36.2 Å². The number of nitrogens with zero attached hydrogens (tertiary/aromatic N) is 1. The summed E-state index contributed by atoms with van der Waals surface area (Å²) >= 11 is 0. The average molecular weight is 241 g/mol. The molecular formula is C11H15NO3S. The Labute approximate surface area is 96.1 Å². The minimum absolute atomic E-state index is 0.117. The molecule has 1 rings (SSSR count). The summed E-state index contributed by atoms with van der Waals surface area (Å²) in [5.74, 6) is 0. The molecular weight excluding hydrogens is 226 g/mol. The number of unbranched alkanes of at least 4 members (excludes halogenated alkanes) is 1. The maximum atomic E-state index is 11.6. The lowest BCUT2D eigenvalue weighted by Gasteiger charge is -2.01. The minimum Gasteiger partial charge on any atom is -0.265 e. The van der Waals surface area contributed by atoms with E-state index in [1.807, 2.05) is 13.8 Å². The van der Waals surface area contributed by atoms with Crippen molar-refractivity contribution in [3.05, 3.63) is 29.8 Å². The van der Waals surface area contributed by atoms with E-state index in [0.29, 0.717) is 6.42 Å². The molecule has 0 atom stereocenters. The minimum atomic E-state index is -3.76. The highest BCUT2D eigenvalue weighted by Crippen LogP contribution is 2.13. The third-order valence-corrected chi connectivity index (χ3v) is 3.07. The van der Waals surface area contributed by atoms with Crippen LogP contribution in [0.3, 0.4) is 0 Å². The Balaban J connectivity index is 2.74. The van der Waals surface area contributed by atoms with Crippen molar-refractivity contribution in [2.45, 2.75) is 31.6 Å². The van der Waals surface area contributed by atoms with Crippen molar-refractivity contribution in [3.8, 4) is 0 Å². The molecule has 1 aromatic carbocycles. The Kier molecular flexibility index (Phi) is 4.49. The fourth-order valence-electron chi connectivity index (χ4n) is 1.02. The largest absolute Gasteiger partial charge is 0.358 e. The number of hydrogen-bond acceptors (Lipinski definition) is 4. The van der Waals surface area contributed by atoms with Crippen molar-refractivity contribution in [1.29, 1.82) is 0 Å². The number of aryl methyl sites for hydroxylation is 1. The van der Waals surface area contributed by atoms with Gasteiger partial charge >= 0.3 is 10.1 Å². The summed E-state index contributed by atoms with van der Waals surface area (Å²) in [7, 11) is -3.76. The van der Waals surface area contributed by atoms with Crippen molar-refractivity contribution in [2.24, 2.45) is 5.16 Å². The van der Waals surface area contributed by atoms with Crippen LogP contribution < -0.4 is 0 Å². The van der Waals surface area contributed by atoms with Gasteiger partial charge in [-0.25, -0.2) is 0 Å². The van der Waals surface area contributed by atoms with E-state index in [9.17, 15) is 8.42 Å². The predicted octanol–water partition coefficient (Wildman–Crippen LogP) is 2.49. The second-order valence-electron chi connectivity index (χ2n) is 3.42. The summed E-state index contributed by atoms with van der Waals surface area (Å²) in [4.78, 5) is 0.117.